The summed E-state index contributed by atoms with van der Waals surface area (Å²) in [7, 11) is 9.25. The average molecular weight is 532 g/mol. The molecule has 208 valence electrons. The Kier molecular flexibility index (Phi) is 9.87. The maximum Gasteiger partial charge on any atom is 0.162 e. The molecule has 0 saturated carbocycles. The highest BCUT2D eigenvalue weighted by molar-refractivity contribution is 5.74. The van der Waals surface area contributed by atoms with Gasteiger partial charge in [-0.2, -0.15) is 0 Å². The number of ether oxygens (including phenoxy) is 3. The van der Waals surface area contributed by atoms with Gasteiger partial charge in [-0.25, -0.2) is 0 Å². The van der Waals surface area contributed by atoms with Crippen LogP contribution in [0.2, 0.25) is 0 Å². The van der Waals surface area contributed by atoms with Gasteiger partial charge in [0, 0.05) is 57.4 Å². The Labute approximate surface area is 232 Å². The van der Waals surface area contributed by atoms with Crippen molar-refractivity contribution in [1.82, 2.24) is 14.7 Å². The van der Waals surface area contributed by atoms with Crippen LogP contribution in [0, 0.1) is 0 Å². The lowest BCUT2D eigenvalue weighted by Gasteiger charge is -2.25. The molecule has 39 heavy (non-hydrogen) atoms. The Bertz CT molecular complexity index is 1220. The second-order valence-corrected chi connectivity index (χ2v) is 10.2. The number of hydrogen-bond donors (Lipinski definition) is 1. The van der Waals surface area contributed by atoms with Crippen LogP contribution in [0.4, 0.5) is 0 Å². The van der Waals surface area contributed by atoms with Crippen molar-refractivity contribution >= 4 is 12.2 Å². The third-order valence-corrected chi connectivity index (χ3v) is 7.31. The van der Waals surface area contributed by atoms with Gasteiger partial charge in [0.15, 0.2) is 11.5 Å². The Hall–Kier alpha value is -3.52. The van der Waals surface area contributed by atoms with E-state index in [0.29, 0.717) is 12.3 Å². The van der Waals surface area contributed by atoms with Gasteiger partial charge in [-0.3, -0.25) is 4.90 Å². The summed E-state index contributed by atoms with van der Waals surface area (Å²) in [6.45, 7) is 6.73. The maximum atomic E-state index is 10.9. The Morgan fingerprint density at radius 1 is 0.667 bits per heavy atom. The fourth-order valence-electron chi connectivity index (χ4n) is 4.71. The predicted molar refractivity (Wildman–Crippen MR) is 159 cm³/mol. The van der Waals surface area contributed by atoms with Gasteiger partial charge in [-0.1, -0.05) is 36.4 Å². The Morgan fingerprint density at radius 3 is 1.79 bits per heavy atom. The number of phenolic OH excluding ortho intramolecular Hbond substituents is 1. The summed E-state index contributed by atoms with van der Waals surface area (Å²) < 4.78 is 16.4. The van der Waals surface area contributed by atoms with Crippen LogP contribution in [-0.4, -0.2) is 94.5 Å². The van der Waals surface area contributed by atoms with E-state index < -0.39 is 0 Å². The highest BCUT2D eigenvalue weighted by atomic mass is 16.5. The van der Waals surface area contributed by atoms with E-state index in [1.165, 1.54) is 0 Å². The second kappa shape index (κ2) is 13.5. The van der Waals surface area contributed by atoms with Gasteiger partial charge < -0.3 is 29.1 Å². The van der Waals surface area contributed by atoms with Crippen molar-refractivity contribution in [1.29, 1.82) is 0 Å². The second-order valence-electron chi connectivity index (χ2n) is 10.2. The lowest BCUT2D eigenvalue weighted by Crippen LogP contribution is -2.34. The van der Waals surface area contributed by atoms with Gasteiger partial charge in [0.1, 0.15) is 11.5 Å². The van der Waals surface area contributed by atoms with Crippen LogP contribution in [0.15, 0.2) is 54.6 Å². The van der Waals surface area contributed by atoms with Gasteiger partial charge >= 0.3 is 0 Å². The van der Waals surface area contributed by atoms with E-state index in [4.69, 9.17) is 14.2 Å². The van der Waals surface area contributed by atoms with Gasteiger partial charge in [-0.15, -0.1) is 0 Å². The molecule has 7 nitrogen and oxygen atoms in total. The van der Waals surface area contributed by atoms with Crippen molar-refractivity contribution in [3.8, 4) is 34.1 Å². The average Bonchev–Trinajstić information content (AvgIpc) is 3.04. The molecule has 3 aromatic carbocycles. The zero-order valence-corrected chi connectivity index (χ0v) is 23.8. The Morgan fingerprint density at radius 2 is 1.23 bits per heavy atom. The van der Waals surface area contributed by atoms with E-state index in [-0.39, 0.29) is 5.75 Å². The summed E-state index contributed by atoms with van der Waals surface area (Å²) in [5, 5.41) is 10.9. The zero-order chi connectivity index (χ0) is 27.8. The summed E-state index contributed by atoms with van der Waals surface area (Å²) in [4.78, 5) is 7.14. The van der Waals surface area contributed by atoms with Gasteiger partial charge in [-0.05, 0) is 60.6 Å². The lowest BCUT2D eigenvalue weighted by molar-refractivity contribution is 0.225. The number of aromatic hydroxyl groups is 1. The van der Waals surface area contributed by atoms with E-state index >= 15 is 0 Å². The minimum atomic E-state index is 0.217. The highest BCUT2D eigenvalue weighted by Crippen LogP contribution is 2.34. The van der Waals surface area contributed by atoms with Crippen LogP contribution in [0.5, 0.6) is 23.0 Å². The van der Waals surface area contributed by atoms with Crippen molar-refractivity contribution in [3.05, 3.63) is 71.3 Å². The van der Waals surface area contributed by atoms with Gasteiger partial charge in [0.05, 0.1) is 21.3 Å². The minimum Gasteiger partial charge on any atom is -0.504 e. The van der Waals surface area contributed by atoms with Crippen LogP contribution in [0.3, 0.4) is 0 Å². The molecule has 0 atom stereocenters. The molecule has 0 aliphatic carbocycles. The summed E-state index contributed by atoms with van der Waals surface area (Å²) in [5.41, 5.74) is 5.05. The van der Waals surface area contributed by atoms with Crippen LogP contribution in [0.1, 0.15) is 16.7 Å². The van der Waals surface area contributed by atoms with Crippen molar-refractivity contribution in [3.63, 3.8) is 0 Å². The van der Waals surface area contributed by atoms with Crippen LogP contribution in [-0.2, 0) is 6.54 Å². The first-order chi connectivity index (χ1) is 18.9. The predicted octanol–water partition coefficient (Wildman–Crippen LogP) is 4.93. The largest absolute Gasteiger partial charge is 0.504 e. The third-order valence-electron chi connectivity index (χ3n) is 7.31. The molecule has 1 aliphatic rings. The molecule has 0 radical (unpaired) electrons. The van der Waals surface area contributed by atoms with E-state index in [9.17, 15) is 5.11 Å². The van der Waals surface area contributed by atoms with E-state index in [1.807, 2.05) is 24.3 Å². The molecule has 1 heterocycles. The fraction of sp³-hybridized carbons (Fsp3) is 0.375. The molecule has 1 saturated heterocycles. The van der Waals surface area contributed by atoms with E-state index in [2.05, 4.69) is 71.3 Å². The van der Waals surface area contributed by atoms with Crippen molar-refractivity contribution in [2.45, 2.75) is 6.54 Å². The number of methoxy groups -OCH3 is 3. The van der Waals surface area contributed by atoms with E-state index in [1.54, 1.807) is 21.3 Å². The standard InChI is InChI=1S/C32H41N3O4/c1-33-12-13-34(2)15-17-35(16-14-33)23-28-18-25(19-31(39-5)32(28)36)7-6-24-8-10-26(11-9-24)27-20-29(37-3)22-30(21-27)38-4/h6-11,18-22,36H,12-17,23H2,1-5H3/b7-6+. The van der Waals surface area contributed by atoms with Crippen LogP contribution < -0.4 is 14.2 Å². The molecular formula is C32H41N3O4. The third kappa shape index (κ3) is 7.76. The molecule has 0 spiro atoms. The monoisotopic (exact) mass is 531 g/mol. The normalized spacial score (nSPS) is 16.0. The molecule has 0 unspecified atom stereocenters. The number of phenols is 1. The fourth-order valence-corrected chi connectivity index (χ4v) is 4.71. The first kappa shape index (κ1) is 28.5. The summed E-state index contributed by atoms with van der Waals surface area (Å²) in [5.74, 6) is 2.23. The van der Waals surface area contributed by atoms with Crippen molar-refractivity contribution in [2.75, 3.05) is 74.7 Å². The Balaban J connectivity index is 1.52. The van der Waals surface area contributed by atoms with E-state index in [0.717, 1.165) is 78.6 Å². The number of rotatable bonds is 8. The smallest absolute Gasteiger partial charge is 0.162 e. The molecule has 1 fully saturated rings. The number of likely N-dealkylation sites (N-methyl/N-ethyl adjacent to an activating group) is 2. The summed E-state index contributed by atoms with van der Waals surface area (Å²) in [6.07, 6.45) is 4.14. The van der Waals surface area contributed by atoms with Crippen LogP contribution >= 0.6 is 0 Å². The topological polar surface area (TPSA) is 57.6 Å². The quantitative estimate of drug-likeness (QED) is 0.414. The number of nitrogens with zero attached hydrogens (tertiary/aromatic N) is 3. The van der Waals surface area contributed by atoms with Crippen LogP contribution in [0.25, 0.3) is 23.3 Å². The van der Waals surface area contributed by atoms with Crippen molar-refractivity contribution < 1.29 is 19.3 Å². The molecular weight excluding hydrogens is 490 g/mol. The molecule has 0 bridgehead atoms. The maximum absolute atomic E-state index is 10.9. The molecule has 7 heteroatoms. The molecule has 1 N–H and O–H groups in total. The van der Waals surface area contributed by atoms with Gasteiger partial charge in [0.25, 0.3) is 0 Å². The SMILES string of the molecule is COc1cc(OC)cc(-c2ccc(/C=C/c3cc(CN4CCN(C)CCN(C)CC4)c(O)c(OC)c3)cc2)c1. The molecule has 0 aromatic heterocycles. The molecule has 3 aromatic rings. The summed E-state index contributed by atoms with van der Waals surface area (Å²) >= 11 is 0. The molecule has 1 aliphatic heterocycles. The molecule has 0 amide bonds. The van der Waals surface area contributed by atoms with Gasteiger partial charge in [0.2, 0.25) is 0 Å². The number of hydrogen-bond acceptors (Lipinski definition) is 7. The lowest BCUT2D eigenvalue weighted by atomic mass is 10.0. The summed E-state index contributed by atoms with van der Waals surface area (Å²) in [6, 6.07) is 18.2. The zero-order valence-electron chi connectivity index (χ0n) is 23.8. The highest BCUT2D eigenvalue weighted by Gasteiger charge is 2.17. The number of benzene rings is 3. The minimum absolute atomic E-state index is 0.217. The first-order valence-corrected chi connectivity index (χ1v) is 13.4. The molecule has 4 rings (SSSR count). The first-order valence-electron chi connectivity index (χ1n) is 13.4. The van der Waals surface area contributed by atoms with Crippen molar-refractivity contribution in [2.24, 2.45) is 0 Å².